The van der Waals surface area contributed by atoms with Crippen LogP contribution in [0, 0.1) is 0 Å². The van der Waals surface area contributed by atoms with Crippen molar-refractivity contribution < 1.29 is 8.42 Å². The number of pyridine rings is 1. The van der Waals surface area contributed by atoms with E-state index in [2.05, 4.69) is 31.7 Å². The second kappa shape index (κ2) is 6.03. The Balaban J connectivity index is 1.98. The number of nitrogens with zero attached hydrogens (tertiary/aromatic N) is 4. The van der Waals surface area contributed by atoms with Crippen LogP contribution in [-0.4, -0.2) is 40.3 Å². The average molecular weight is 355 g/mol. The summed E-state index contributed by atoms with van der Waals surface area (Å²) in [4.78, 5) is 4.72. The summed E-state index contributed by atoms with van der Waals surface area (Å²) in [6.45, 7) is 0. The number of rotatable bonds is 3. The molecule has 1 aromatic carbocycles. The number of fused-ring (bicyclic) bond motifs is 1. The zero-order valence-electron chi connectivity index (χ0n) is 13.7. The van der Waals surface area contributed by atoms with Gasteiger partial charge in [-0.15, -0.1) is 10.2 Å². The Labute approximate surface area is 145 Å². The first-order chi connectivity index (χ1) is 12.1. The van der Waals surface area contributed by atoms with Crippen molar-refractivity contribution in [2.75, 3.05) is 6.26 Å². The van der Waals surface area contributed by atoms with Crippen molar-refractivity contribution in [3.05, 3.63) is 53.3 Å². The summed E-state index contributed by atoms with van der Waals surface area (Å²) in [5, 5.41) is 14.1. The number of hydrogen-bond donors (Lipinski definition) is 1. The number of H-pyrrole nitrogens is 1. The highest BCUT2D eigenvalue weighted by molar-refractivity contribution is 7.90. The van der Waals surface area contributed by atoms with Crippen LogP contribution < -0.4 is 0 Å². The van der Waals surface area contributed by atoms with E-state index in [1.54, 1.807) is 18.3 Å². The van der Waals surface area contributed by atoms with Crippen LogP contribution in [0.15, 0.2) is 41.4 Å². The summed E-state index contributed by atoms with van der Waals surface area (Å²) < 4.78 is 24.7. The van der Waals surface area contributed by atoms with Gasteiger partial charge in [0.1, 0.15) is 0 Å². The highest BCUT2D eigenvalue weighted by atomic mass is 32.2. The van der Waals surface area contributed by atoms with Crippen molar-refractivity contribution in [1.29, 1.82) is 0 Å². The van der Waals surface area contributed by atoms with Crippen molar-refractivity contribution in [3.63, 3.8) is 0 Å². The summed E-state index contributed by atoms with van der Waals surface area (Å²) in [5.41, 5.74) is 3.64. The van der Waals surface area contributed by atoms with E-state index in [1.165, 1.54) is 6.26 Å². The largest absolute Gasteiger partial charge is 0.261 e. The Morgan fingerprint density at radius 2 is 2.00 bits per heavy atom. The van der Waals surface area contributed by atoms with E-state index in [0.717, 1.165) is 36.1 Å². The molecule has 0 aliphatic heterocycles. The Kier molecular flexibility index (Phi) is 3.84. The van der Waals surface area contributed by atoms with Crippen molar-refractivity contribution >= 4 is 9.84 Å². The minimum absolute atomic E-state index is 0.0626. The number of benzene rings is 1. The molecular formula is C17H17N5O2S. The molecule has 1 aliphatic carbocycles. The number of aromatic amines is 1. The Morgan fingerprint density at radius 3 is 2.76 bits per heavy atom. The van der Waals surface area contributed by atoms with Crippen molar-refractivity contribution in [2.24, 2.45) is 0 Å². The number of nitrogens with one attached hydrogen (secondary N) is 1. The van der Waals surface area contributed by atoms with Crippen molar-refractivity contribution in [3.8, 4) is 11.4 Å². The first-order valence-electron chi connectivity index (χ1n) is 8.06. The molecule has 0 amide bonds. The zero-order valence-corrected chi connectivity index (χ0v) is 14.5. The molecule has 0 radical (unpaired) electrons. The SMILES string of the molecule is CS(=O)(=O)c1cccc(C2CCCc3ncccc32)c1-c1nn[nH]n1. The van der Waals surface area contributed by atoms with E-state index in [9.17, 15) is 8.42 Å². The Morgan fingerprint density at radius 1 is 1.16 bits per heavy atom. The molecule has 1 unspecified atom stereocenters. The summed E-state index contributed by atoms with van der Waals surface area (Å²) in [6, 6.07) is 9.31. The third-order valence-electron chi connectivity index (χ3n) is 4.61. The van der Waals surface area contributed by atoms with Gasteiger partial charge >= 0.3 is 0 Å². The molecule has 1 aliphatic rings. The predicted molar refractivity (Wildman–Crippen MR) is 91.7 cm³/mol. The summed E-state index contributed by atoms with van der Waals surface area (Å²) in [7, 11) is -3.44. The highest BCUT2D eigenvalue weighted by Gasteiger charge is 2.29. The van der Waals surface area contributed by atoms with E-state index in [4.69, 9.17) is 0 Å². The first-order valence-corrected chi connectivity index (χ1v) is 9.95. The lowest BCUT2D eigenvalue weighted by Crippen LogP contribution is -2.15. The molecule has 128 valence electrons. The summed E-state index contributed by atoms with van der Waals surface area (Å²) in [5.74, 6) is 0.361. The molecule has 2 aromatic heterocycles. The summed E-state index contributed by atoms with van der Waals surface area (Å²) in [6.07, 6.45) is 5.87. The Bertz CT molecular complexity index is 1020. The molecule has 4 rings (SSSR count). The molecule has 1 atom stereocenters. The van der Waals surface area contributed by atoms with Crippen LogP contribution in [0.2, 0.25) is 0 Å². The molecule has 0 spiro atoms. The number of aromatic nitrogens is 5. The minimum Gasteiger partial charge on any atom is -0.261 e. The molecule has 0 fully saturated rings. The van der Waals surface area contributed by atoms with Crippen LogP contribution in [-0.2, 0) is 16.3 Å². The molecule has 0 saturated heterocycles. The topological polar surface area (TPSA) is 101 Å². The van der Waals surface area contributed by atoms with Crippen LogP contribution >= 0.6 is 0 Å². The minimum atomic E-state index is -3.44. The van der Waals surface area contributed by atoms with Crippen LogP contribution in [0.3, 0.4) is 0 Å². The first kappa shape index (κ1) is 15.9. The van der Waals surface area contributed by atoms with Gasteiger partial charge in [-0.1, -0.05) is 18.2 Å². The van der Waals surface area contributed by atoms with Crippen molar-refractivity contribution in [2.45, 2.75) is 30.1 Å². The van der Waals surface area contributed by atoms with Crippen LogP contribution in [0.4, 0.5) is 0 Å². The van der Waals surface area contributed by atoms with Gasteiger partial charge in [-0.05, 0) is 47.7 Å². The van der Waals surface area contributed by atoms with Gasteiger partial charge in [0.15, 0.2) is 9.84 Å². The second-order valence-electron chi connectivity index (χ2n) is 6.21. The van der Waals surface area contributed by atoms with Crippen molar-refractivity contribution in [1.82, 2.24) is 25.6 Å². The van der Waals surface area contributed by atoms with E-state index in [0.29, 0.717) is 11.4 Å². The molecule has 0 saturated carbocycles. The highest BCUT2D eigenvalue weighted by Crippen LogP contribution is 2.41. The molecule has 8 heteroatoms. The van der Waals surface area contributed by atoms with Crippen LogP contribution in [0.1, 0.15) is 35.6 Å². The van der Waals surface area contributed by atoms with Gasteiger partial charge in [-0.3, -0.25) is 4.98 Å². The monoisotopic (exact) mass is 355 g/mol. The molecule has 7 nitrogen and oxygen atoms in total. The Hall–Kier alpha value is -2.61. The molecule has 3 aromatic rings. The normalized spacial score (nSPS) is 17.2. The molecule has 2 heterocycles. The van der Waals surface area contributed by atoms with Crippen LogP contribution in [0.25, 0.3) is 11.4 Å². The van der Waals surface area contributed by atoms with E-state index in [1.807, 2.05) is 12.1 Å². The lowest BCUT2D eigenvalue weighted by molar-refractivity contribution is 0.597. The standard InChI is InChI=1S/C17H17N5O2S/c1-25(23,24)15-9-3-6-13(16(15)17-19-21-22-20-17)11-5-2-8-14-12(11)7-4-10-18-14/h3-4,6-7,9-11H,2,5,8H2,1H3,(H,19,20,21,22). The van der Waals surface area contributed by atoms with Gasteiger partial charge in [0, 0.05) is 29.6 Å². The fourth-order valence-corrected chi connectivity index (χ4v) is 4.49. The average Bonchev–Trinajstić information content (AvgIpc) is 3.14. The van der Waals surface area contributed by atoms with E-state index < -0.39 is 9.84 Å². The smallest absolute Gasteiger partial charge is 0.206 e. The maximum Gasteiger partial charge on any atom is 0.206 e. The number of aryl methyl sites for hydroxylation is 1. The third kappa shape index (κ3) is 2.82. The predicted octanol–water partition coefficient (Wildman–Crippen LogP) is 2.13. The quantitative estimate of drug-likeness (QED) is 0.772. The van der Waals surface area contributed by atoms with Gasteiger partial charge in [0.2, 0.25) is 5.82 Å². The molecular weight excluding hydrogens is 338 g/mol. The van der Waals surface area contributed by atoms with E-state index >= 15 is 0 Å². The maximum absolute atomic E-state index is 12.3. The maximum atomic E-state index is 12.3. The molecule has 25 heavy (non-hydrogen) atoms. The summed E-state index contributed by atoms with van der Waals surface area (Å²) >= 11 is 0. The third-order valence-corrected chi connectivity index (χ3v) is 5.75. The van der Waals surface area contributed by atoms with Gasteiger partial charge < -0.3 is 0 Å². The fraction of sp³-hybridized carbons (Fsp3) is 0.294. The van der Waals surface area contributed by atoms with E-state index in [-0.39, 0.29) is 10.8 Å². The fourth-order valence-electron chi connectivity index (χ4n) is 3.58. The second-order valence-corrected chi connectivity index (χ2v) is 8.20. The zero-order chi connectivity index (χ0) is 17.4. The van der Waals surface area contributed by atoms with Gasteiger partial charge in [0.05, 0.1) is 4.90 Å². The number of hydrogen-bond acceptors (Lipinski definition) is 6. The number of sulfone groups is 1. The van der Waals surface area contributed by atoms with Gasteiger partial charge in [0.25, 0.3) is 0 Å². The van der Waals surface area contributed by atoms with Gasteiger partial charge in [-0.25, -0.2) is 8.42 Å². The molecule has 0 bridgehead atoms. The molecule has 1 N–H and O–H groups in total. The number of tetrazole rings is 1. The lowest BCUT2D eigenvalue weighted by atomic mass is 9.79. The van der Waals surface area contributed by atoms with Crippen LogP contribution in [0.5, 0.6) is 0 Å². The van der Waals surface area contributed by atoms with Gasteiger partial charge in [-0.2, -0.15) is 5.21 Å². The lowest BCUT2D eigenvalue weighted by Gasteiger charge is -2.27.